The van der Waals surface area contributed by atoms with E-state index in [4.69, 9.17) is 16.3 Å². The van der Waals surface area contributed by atoms with E-state index in [0.29, 0.717) is 36.3 Å². The largest absolute Gasteiger partial charge is 0.490 e. The number of sulfone groups is 1. The van der Waals surface area contributed by atoms with Gasteiger partial charge in [-0.15, -0.1) is 0 Å². The predicted molar refractivity (Wildman–Crippen MR) is 88.5 cm³/mol. The van der Waals surface area contributed by atoms with Gasteiger partial charge in [0.25, 0.3) is 0 Å². The summed E-state index contributed by atoms with van der Waals surface area (Å²) in [5.74, 6) is 1.60. The van der Waals surface area contributed by atoms with E-state index >= 15 is 0 Å². The summed E-state index contributed by atoms with van der Waals surface area (Å²) in [6.07, 6.45) is 0.610. The van der Waals surface area contributed by atoms with Crippen molar-refractivity contribution in [3.63, 3.8) is 0 Å². The van der Waals surface area contributed by atoms with Crippen LogP contribution < -0.4 is 15.4 Å². The Labute approximate surface area is 135 Å². The highest BCUT2D eigenvalue weighted by Gasteiger charge is 2.28. The molecule has 0 amide bonds. The van der Waals surface area contributed by atoms with Gasteiger partial charge in [0, 0.05) is 13.1 Å². The topological polar surface area (TPSA) is 79.8 Å². The molecule has 0 spiro atoms. The first kappa shape index (κ1) is 16.9. The highest BCUT2D eigenvalue weighted by molar-refractivity contribution is 7.91. The Morgan fingerprint density at radius 1 is 1.45 bits per heavy atom. The summed E-state index contributed by atoms with van der Waals surface area (Å²) >= 11 is 5.99. The van der Waals surface area contributed by atoms with Crippen LogP contribution in [-0.4, -0.2) is 52.1 Å². The number of guanidine groups is 1. The monoisotopic (exact) mass is 345 g/mol. The first-order chi connectivity index (χ1) is 10.5. The van der Waals surface area contributed by atoms with Gasteiger partial charge in [0.05, 0.1) is 23.1 Å². The highest BCUT2D eigenvalue weighted by atomic mass is 35.5. The normalized spacial score (nSPS) is 20.6. The van der Waals surface area contributed by atoms with E-state index in [1.54, 1.807) is 19.2 Å². The van der Waals surface area contributed by atoms with Crippen LogP contribution in [0.15, 0.2) is 29.3 Å². The molecule has 1 saturated heterocycles. The van der Waals surface area contributed by atoms with E-state index in [-0.39, 0.29) is 17.5 Å². The number of aliphatic imine (C=N–C) groups is 1. The van der Waals surface area contributed by atoms with Crippen molar-refractivity contribution < 1.29 is 13.2 Å². The maximum atomic E-state index is 11.4. The molecule has 0 saturated carbocycles. The van der Waals surface area contributed by atoms with Crippen molar-refractivity contribution in [2.45, 2.75) is 12.5 Å². The van der Waals surface area contributed by atoms with Gasteiger partial charge in [-0.05, 0) is 18.6 Å². The summed E-state index contributed by atoms with van der Waals surface area (Å²) < 4.78 is 28.4. The number of nitrogens with one attached hydrogen (secondary N) is 2. The van der Waals surface area contributed by atoms with Crippen molar-refractivity contribution in [2.24, 2.45) is 4.99 Å². The van der Waals surface area contributed by atoms with Crippen molar-refractivity contribution in [1.29, 1.82) is 0 Å². The van der Waals surface area contributed by atoms with Gasteiger partial charge in [-0.25, -0.2) is 8.42 Å². The third-order valence-electron chi connectivity index (χ3n) is 3.29. The molecule has 0 bridgehead atoms. The van der Waals surface area contributed by atoms with Gasteiger partial charge in [0.2, 0.25) is 0 Å². The fourth-order valence-corrected chi connectivity index (χ4v) is 4.05. The average Bonchev–Trinajstić information content (AvgIpc) is 2.83. The van der Waals surface area contributed by atoms with Gasteiger partial charge in [0.1, 0.15) is 12.4 Å². The van der Waals surface area contributed by atoms with E-state index in [1.807, 2.05) is 12.1 Å². The first-order valence-corrected chi connectivity index (χ1v) is 9.25. The van der Waals surface area contributed by atoms with Crippen LogP contribution >= 0.6 is 11.6 Å². The Morgan fingerprint density at radius 3 is 2.86 bits per heavy atom. The second-order valence-electron chi connectivity index (χ2n) is 5.02. The minimum absolute atomic E-state index is 0.0827. The number of rotatable bonds is 5. The van der Waals surface area contributed by atoms with E-state index in [0.717, 1.165) is 0 Å². The molecule has 0 aliphatic carbocycles. The fourth-order valence-electron chi connectivity index (χ4n) is 2.19. The first-order valence-electron chi connectivity index (χ1n) is 7.05. The Kier molecular flexibility index (Phi) is 5.90. The van der Waals surface area contributed by atoms with Crippen LogP contribution in [0.3, 0.4) is 0 Å². The zero-order valence-corrected chi connectivity index (χ0v) is 14.0. The second-order valence-corrected chi connectivity index (χ2v) is 7.66. The van der Waals surface area contributed by atoms with E-state index < -0.39 is 9.84 Å². The lowest BCUT2D eigenvalue weighted by Gasteiger charge is -2.16. The Hall–Kier alpha value is -1.47. The van der Waals surface area contributed by atoms with Gasteiger partial charge >= 0.3 is 0 Å². The summed E-state index contributed by atoms with van der Waals surface area (Å²) in [5.41, 5.74) is 0. The van der Waals surface area contributed by atoms with Crippen LogP contribution in [0.25, 0.3) is 0 Å². The van der Waals surface area contributed by atoms with E-state index in [2.05, 4.69) is 15.6 Å². The molecule has 1 aliphatic heterocycles. The fraction of sp³-hybridized carbons (Fsp3) is 0.500. The number of para-hydroxylation sites is 1. The Balaban J connectivity index is 1.72. The van der Waals surface area contributed by atoms with Gasteiger partial charge in [-0.3, -0.25) is 4.99 Å². The van der Waals surface area contributed by atoms with Crippen molar-refractivity contribution in [3.05, 3.63) is 29.3 Å². The molecule has 1 unspecified atom stereocenters. The molecule has 8 heteroatoms. The third kappa shape index (κ3) is 5.06. The quantitative estimate of drug-likeness (QED) is 0.474. The lowest BCUT2D eigenvalue weighted by atomic mass is 10.3. The molecule has 122 valence electrons. The van der Waals surface area contributed by atoms with Gasteiger partial charge in [-0.1, -0.05) is 23.7 Å². The molecule has 6 nitrogen and oxygen atoms in total. The molecule has 2 rings (SSSR count). The minimum Gasteiger partial charge on any atom is -0.490 e. The second kappa shape index (κ2) is 7.69. The minimum atomic E-state index is -2.90. The standard InChI is InChI=1S/C14H20ClN3O3S/c1-16-14(18-11-6-9-22(19,20)10-11)17-7-8-21-13-5-3-2-4-12(13)15/h2-5,11H,6-10H2,1H3,(H2,16,17,18). The molecular formula is C14H20ClN3O3S. The van der Waals surface area contributed by atoms with Crippen LogP contribution in [0, 0.1) is 0 Å². The molecule has 1 aromatic carbocycles. The molecule has 1 aromatic rings. The molecule has 1 atom stereocenters. The van der Waals surface area contributed by atoms with E-state index in [9.17, 15) is 8.42 Å². The summed E-state index contributed by atoms with van der Waals surface area (Å²) in [5, 5.41) is 6.77. The smallest absolute Gasteiger partial charge is 0.191 e. The molecule has 22 heavy (non-hydrogen) atoms. The van der Waals surface area contributed by atoms with Crippen molar-refractivity contribution >= 4 is 27.4 Å². The molecule has 1 heterocycles. The molecular weight excluding hydrogens is 326 g/mol. The number of nitrogens with zero attached hydrogens (tertiary/aromatic N) is 1. The third-order valence-corrected chi connectivity index (χ3v) is 5.37. The maximum Gasteiger partial charge on any atom is 0.191 e. The van der Waals surface area contributed by atoms with Gasteiger partial charge in [-0.2, -0.15) is 0 Å². The van der Waals surface area contributed by atoms with Crippen LogP contribution in [0.5, 0.6) is 5.75 Å². The molecule has 1 aliphatic rings. The summed E-state index contributed by atoms with van der Waals surface area (Å²) in [6, 6.07) is 7.19. The SMILES string of the molecule is CN=C(NCCOc1ccccc1Cl)NC1CCS(=O)(=O)C1. The lowest BCUT2D eigenvalue weighted by Crippen LogP contribution is -2.45. The Morgan fingerprint density at radius 2 is 2.23 bits per heavy atom. The molecule has 0 aromatic heterocycles. The number of hydrogen-bond acceptors (Lipinski definition) is 4. The summed E-state index contributed by atoms with van der Waals surface area (Å²) in [4.78, 5) is 4.08. The van der Waals surface area contributed by atoms with E-state index in [1.165, 1.54) is 0 Å². The summed E-state index contributed by atoms with van der Waals surface area (Å²) in [7, 11) is -1.25. The predicted octanol–water partition coefficient (Wildman–Crippen LogP) is 1.07. The number of benzene rings is 1. The van der Waals surface area contributed by atoms with Crippen LogP contribution in [-0.2, 0) is 9.84 Å². The molecule has 1 fully saturated rings. The molecule has 2 N–H and O–H groups in total. The number of hydrogen-bond donors (Lipinski definition) is 2. The van der Waals surface area contributed by atoms with Crippen LogP contribution in [0.2, 0.25) is 5.02 Å². The highest BCUT2D eigenvalue weighted by Crippen LogP contribution is 2.22. The van der Waals surface area contributed by atoms with Gasteiger partial charge < -0.3 is 15.4 Å². The zero-order valence-electron chi connectivity index (χ0n) is 12.4. The number of ether oxygens (including phenoxy) is 1. The van der Waals surface area contributed by atoms with Crippen molar-refractivity contribution in [3.8, 4) is 5.75 Å². The van der Waals surface area contributed by atoms with Crippen molar-refractivity contribution in [1.82, 2.24) is 10.6 Å². The van der Waals surface area contributed by atoms with Crippen LogP contribution in [0.4, 0.5) is 0 Å². The summed E-state index contributed by atoms with van der Waals surface area (Å²) in [6.45, 7) is 0.956. The van der Waals surface area contributed by atoms with Gasteiger partial charge in [0.15, 0.2) is 15.8 Å². The average molecular weight is 346 g/mol. The van der Waals surface area contributed by atoms with Crippen molar-refractivity contribution in [2.75, 3.05) is 31.7 Å². The number of halogens is 1. The molecule has 0 radical (unpaired) electrons. The maximum absolute atomic E-state index is 11.4. The lowest BCUT2D eigenvalue weighted by molar-refractivity contribution is 0.322. The Bertz CT molecular complexity index is 634. The zero-order chi connectivity index (χ0) is 16.0. The van der Waals surface area contributed by atoms with Crippen LogP contribution in [0.1, 0.15) is 6.42 Å².